The highest BCUT2D eigenvalue weighted by molar-refractivity contribution is 8.18. The van der Waals surface area contributed by atoms with Gasteiger partial charge in [-0.1, -0.05) is 23.4 Å². The molecule has 0 aliphatic carbocycles. The summed E-state index contributed by atoms with van der Waals surface area (Å²) in [6.07, 6.45) is 3.89. The van der Waals surface area contributed by atoms with Gasteiger partial charge in [0.25, 0.3) is 5.91 Å². The van der Waals surface area contributed by atoms with Crippen LogP contribution >= 0.6 is 35.1 Å². The summed E-state index contributed by atoms with van der Waals surface area (Å²) < 4.78 is 11.2. The molecular formula is C24H22ClN3O3S2. The number of halogens is 1. The molecule has 0 unspecified atom stereocenters. The lowest BCUT2D eigenvalue weighted by Crippen LogP contribution is -2.28. The molecule has 3 heterocycles. The van der Waals surface area contributed by atoms with Gasteiger partial charge in [-0.25, -0.2) is 4.99 Å². The van der Waals surface area contributed by atoms with E-state index in [1.807, 2.05) is 55.5 Å². The predicted octanol–water partition coefficient (Wildman–Crippen LogP) is 6.05. The summed E-state index contributed by atoms with van der Waals surface area (Å²) in [6.45, 7) is 6.47. The van der Waals surface area contributed by atoms with Crippen molar-refractivity contribution in [2.45, 2.75) is 18.7 Å². The Hall–Kier alpha value is -2.55. The van der Waals surface area contributed by atoms with Gasteiger partial charge in [0.2, 0.25) is 0 Å². The van der Waals surface area contributed by atoms with E-state index in [9.17, 15) is 4.79 Å². The van der Waals surface area contributed by atoms with Crippen LogP contribution in [0.3, 0.4) is 0 Å². The molecule has 0 N–H and O–H groups in total. The third-order valence-electron chi connectivity index (χ3n) is 5.34. The number of allylic oxidation sites excluding steroid dienone is 2. The van der Waals surface area contributed by atoms with Gasteiger partial charge >= 0.3 is 0 Å². The number of anilines is 1. The Labute approximate surface area is 206 Å². The maximum absolute atomic E-state index is 13.0. The first-order chi connectivity index (χ1) is 16.1. The quantitative estimate of drug-likeness (QED) is 0.477. The smallest absolute Gasteiger partial charge is 0.266 e. The number of hydrogen-bond acceptors (Lipinski definition) is 7. The zero-order valence-electron chi connectivity index (χ0n) is 18.2. The topological polar surface area (TPSA) is 54.4 Å². The minimum Gasteiger partial charge on any atom is -0.486 e. The number of thioether (sulfide) groups is 2. The van der Waals surface area contributed by atoms with Crippen LogP contribution in [0.5, 0.6) is 11.5 Å². The highest BCUT2D eigenvalue weighted by atomic mass is 35.5. The van der Waals surface area contributed by atoms with E-state index in [2.05, 4.69) is 11.8 Å². The van der Waals surface area contributed by atoms with E-state index >= 15 is 0 Å². The predicted molar refractivity (Wildman–Crippen MR) is 136 cm³/mol. The van der Waals surface area contributed by atoms with Gasteiger partial charge < -0.3 is 14.4 Å². The minimum absolute atomic E-state index is 0.0396. The summed E-state index contributed by atoms with van der Waals surface area (Å²) >= 11 is 9.26. The average Bonchev–Trinajstić information content (AvgIpc) is 3.32. The number of hydrogen-bond donors (Lipinski definition) is 0. The van der Waals surface area contributed by atoms with E-state index in [0.29, 0.717) is 40.6 Å². The number of ether oxygens (including phenoxy) is 2. The Morgan fingerprint density at radius 3 is 2.58 bits per heavy atom. The molecule has 0 aromatic heterocycles. The van der Waals surface area contributed by atoms with Crippen LogP contribution in [0.25, 0.3) is 0 Å². The van der Waals surface area contributed by atoms with Crippen LogP contribution < -0.4 is 14.4 Å². The number of aliphatic imine (C=N–C) groups is 1. The second-order valence-electron chi connectivity index (χ2n) is 7.37. The Balaban J connectivity index is 1.41. The van der Waals surface area contributed by atoms with Crippen molar-refractivity contribution in [1.82, 2.24) is 4.90 Å². The van der Waals surface area contributed by atoms with Crippen LogP contribution in [0.15, 0.2) is 68.4 Å². The van der Waals surface area contributed by atoms with Crippen LogP contribution in [0, 0.1) is 0 Å². The summed E-state index contributed by atoms with van der Waals surface area (Å²) in [4.78, 5) is 23.5. The molecule has 9 heteroatoms. The van der Waals surface area contributed by atoms with E-state index < -0.39 is 0 Å². The van der Waals surface area contributed by atoms with Gasteiger partial charge in [-0.05, 0) is 68.1 Å². The molecule has 6 nitrogen and oxygen atoms in total. The summed E-state index contributed by atoms with van der Waals surface area (Å²) in [5.41, 5.74) is 1.82. The molecule has 0 radical (unpaired) electrons. The molecule has 1 saturated heterocycles. The molecular weight excluding hydrogens is 478 g/mol. The van der Waals surface area contributed by atoms with Crippen molar-refractivity contribution < 1.29 is 14.3 Å². The molecule has 0 spiro atoms. The first-order valence-corrected chi connectivity index (χ1v) is 12.7. The van der Waals surface area contributed by atoms with Crippen LogP contribution in [-0.4, -0.2) is 42.3 Å². The van der Waals surface area contributed by atoms with Gasteiger partial charge in [-0.3, -0.25) is 9.69 Å². The van der Waals surface area contributed by atoms with Gasteiger partial charge in [-0.15, -0.1) is 0 Å². The van der Waals surface area contributed by atoms with Crippen molar-refractivity contribution in [3.05, 3.63) is 63.5 Å². The van der Waals surface area contributed by atoms with Crippen LogP contribution in [0.4, 0.5) is 11.4 Å². The van der Waals surface area contributed by atoms with Gasteiger partial charge in [0.1, 0.15) is 13.2 Å². The van der Waals surface area contributed by atoms with Crippen LogP contribution in [0.1, 0.15) is 13.8 Å². The fourth-order valence-corrected chi connectivity index (χ4v) is 6.05. The number of likely N-dealkylation sites (N-methyl/N-ethyl adjacent to an activating group) is 1. The second-order valence-corrected chi connectivity index (χ2v) is 9.88. The minimum atomic E-state index is -0.0396. The highest BCUT2D eigenvalue weighted by Crippen LogP contribution is 2.47. The summed E-state index contributed by atoms with van der Waals surface area (Å²) in [5, 5.41) is 2.44. The van der Waals surface area contributed by atoms with Crippen molar-refractivity contribution in [3.63, 3.8) is 0 Å². The van der Waals surface area contributed by atoms with Gasteiger partial charge in [0.05, 0.1) is 21.3 Å². The number of nitrogens with zero attached hydrogens (tertiary/aromatic N) is 3. The molecule has 33 heavy (non-hydrogen) atoms. The maximum atomic E-state index is 13.0. The largest absolute Gasteiger partial charge is 0.486 e. The van der Waals surface area contributed by atoms with Crippen molar-refractivity contribution >= 4 is 57.6 Å². The third kappa shape index (κ3) is 4.35. The van der Waals surface area contributed by atoms with E-state index in [0.717, 1.165) is 33.6 Å². The summed E-state index contributed by atoms with van der Waals surface area (Å²) in [6, 6.07) is 11.5. The zero-order chi connectivity index (χ0) is 22.9. The number of amidine groups is 1. The van der Waals surface area contributed by atoms with Crippen LogP contribution in [0.2, 0.25) is 5.02 Å². The Kier molecular flexibility index (Phi) is 6.32. The summed E-state index contributed by atoms with van der Waals surface area (Å²) in [5.74, 6) is 1.36. The number of rotatable bonds is 4. The molecule has 3 aliphatic rings. The monoisotopic (exact) mass is 499 g/mol. The molecule has 2 aromatic carbocycles. The molecule has 0 saturated carbocycles. The third-order valence-corrected chi connectivity index (χ3v) is 7.73. The van der Waals surface area contributed by atoms with Gasteiger partial charge in [-0.2, -0.15) is 0 Å². The Bertz CT molecular complexity index is 1210. The zero-order valence-corrected chi connectivity index (χ0v) is 20.6. The molecule has 0 bridgehead atoms. The number of amides is 1. The van der Waals surface area contributed by atoms with E-state index in [1.165, 1.54) is 11.8 Å². The highest BCUT2D eigenvalue weighted by Gasteiger charge is 2.32. The molecule has 1 amide bonds. The lowest BCUT2D eigenvalue weighted by Gasteiger charge is -2.18. The van der Waals surface area contributed by atoms with Crippen molar-refractivity contribution in [2.75, 3.05) is 31.2 Å². The van der Waals surface area contributed by atoms with E-state index in [1.54, 1.807) is 16.7 Å². The SMILES string of the molecule is CCN1C(=O)C(=CC=C2Sc3ccc(Cl)cc3N2CC)SC1=Nc1ccc2c(c1)OCCO2. The maximum Gasteiger partial charge on any atom is 0.266 e. The second kappa shape index (κ2) is 9.37. The van der Waals surface area contributed by atoms with Crippen LogP contribution in [-0.2, 0) is 4.79 Å². The fraction of sp³-hybridized carbons (Fsp3) is 0.250. The lowest BCUT2D eigenvalue weighted by molar-refractivity contribution is -0.122. The number of fused-ring (bicyclic) bond motifs is 2. The first-order valence-electron chi connectivity index (χ1n) is 10.7. The standard InChI is InChI=1S/C24H22ClN3O3S2/c1-3-27-17-13-15(25)5-8-20(17)32-22(27)10-9-21-23(29)28(4-2)24(33-21)26-16-6-7-18-19(14-16)31-12-11-30-18/h5-10,13-14H,3-4,11-12H2,1-2H3. The summed E-state index contributed by atoms with van der Waals surface area (Å²) in [7, 11) is 0. The lowest BCUT2D eigenvalue weighted by atomic mass is 10.2. The Morgan fingerprint density at radius 1 is 1.00 bits per heavy atom. The Morgan fingerprint density at radius 2 is 1.79 bits per heavy atom. The number of carbonyl (C=O) groups is 1. The molecule has 0 atom stereocenters. The van der Waals surface area contributed by atoms with Crippen molar-refractivity contribution in [2.24, 2.45) is 4.99 Å². The molecule has 170 valence electrons. The van der Waals surface area contributed by atoms with Crippen molar-refractivity contribution in [3.8, 4) is 11.5 Å². The normalized spacial score (nSPS) is 20.9. The fourth-order valence-electron chi connectivity index (χ4n) is 3.77. The molecule has 3 aliphatic heterocycles. The van der Waals surface area contributed by atoms with E-state index in [4.69, 9.17) is 26.1 Å². The first kappa shape index (κ1) is 22.3. The number of carbonyl (C=O) groups excluding carboxylic acids is 1. The van der Waals surface area contributed by atoms with Gasteiger partial charge in [0, 0.05) is 29.1 Å². The molecule has 5 rings (SSSR count). The van der Waals surface area contributed by atoms with Crippen molar-refractivity contribution in [1.29, 1.82) is 0 Å². The van der Waals surface area contributed by atoms with E-state index in [-0.39, 0.29) is 5.91 Å². The molecule has 1 fully saturated rings. The number of benzene rings is 2. The average molecular weight is 500 g/mol. The molecule has 2 aromatic rings. The van der Waals surface area contributed by atoms with Gasteiger partial charge in [0.15, 0.2) is 16.7 Å².